The molecule has 0 radical (unpaired) electrons. The number of hydrogen-bond acceptors (Lipinski definition) is 6. The number of nitrogens with zero attached hydrogens (tertiary/aromatic N) is 1. The monoisotopic (exact) mass is 1230 g/mol. The van der Waals surface area contributed by atoms with E-state index >= 15 is 0 Å². The summed E-state index contributed by atoms with van der Waals surface area (Å²) in [7, 11) is 1.28. The van der Waals surface area contributed by atoms with Crippen molar-refractivity contribution in [2.75, 3.05) is 40.9 Å². The van der Waals surface area contributed by atoms with Gasteiger partial charge in [0.25, 0.3) is 7.82 Å². The van der Waals surface area contributed by atoms with Gasteiger partial charge in [-0.3, -0.25) is 9.36 Å². The van der Waals surface area contributed by atoms with Crippen LogP contribution in [0.4, 0.5) is 0 Å². The van der Waals surface area contributed by atoms with Crippen LogP contribution in [0.1, 0.15) is 412 Å². The molecule has 3 unspecified atom stereocenters. The molecule has 0 saturated carbocycles. The molecule has 86 heavy (non-hydrogen) atoms. The first-order valence-corrected chi connectivity index (χ1v) is 40.2. The van der Waals surface area contributed by atoms with Gasteiger partial charge in [-0.25, -0.2) is 0 Å². The molecule has 0 bridgehead atoms. The summed E-state index contributed by atoms with van der Waals surface area (Å²) in [6, 6.07) is -0.886. The summed E-state index contributed by atoms with van der Waals surface area (Å²) >= 11 is 0. The Balaban J connectivity index is 3.93. The zero-order valence-electron chi connectivity index (χ0n) is 58.8. The number of unbranched alkanes of at least 4 members (excludes halogenated alkanes) is 58. The molecule has 3 atom stereocenters. The Kier molecular flexibility index (Phi) is 67.5. The number of amides is 1. The molecule has 0 aromatic rings. The van der Waals surface area contributed by atoms with Gasteiger partial charge in [-0.2, -0.15) is 0 Å². The number of phosphoric ester groups is 1. The minimum absolute atomic E-state index is 0.00186. The molecule has 1 amide bonds. The van der Waals surface area contributed by atoms with Crippen molar-refractivity contribution in [2.45, 2.75) is 424 Å². The average Bonchev–Trinajstić information content (AvgIpc) is 3.70. The third-order valence-corrected chi connectivity index (χ3v) is 19.1. The Labute approximate surface area is 538 Å². The van der Waals surface area contributed by atoms with Crippen molar-refractivity contribution in [1.82, 2.24) is 5.32 Å². The number of hydrogen-bond donors (Lipinski definition) is 2. The molecule has 0 aromatic carbocycles. The van der Waals surface area contributed by atoms with Crippen molar-refractivity contribution in [3.05, 3.63) is 24.3 Å². The highest BCUT2D eigenvalue weighted by Gasteiger charge is 2.23. The van der Waals surface area contributed by atoms with Gasteiger partial charge in [0, 0.05) is 6.42 Å². The van der Waals surface area contributed by atoms with E-state index in [1.807, 2.05) is 27.2 Å². The number of aliphatic hydroxyl groups is 1. The molecule has 0 fully saturated rings. The van der Waals surface area contributed by atoms with Crippen LogP contribution in [0.15, 0.2) is 24.3 Å². The molecule has 2 N–H and O–H groups in total. The maximum Gasteiger partial charge on any atom is 0.268 e. The Bertz CT molecular complexity index is 1450. The fraction of sp³-hybridized carbons (Fsp3) is 0.935. The van der Waals surface area contributed by atoms with E-state index in [-0.39, 0.29) is 19.1 Å². The average molecular weight is 1230 g/mol. The number of quaternary nitrogens is 1. The van der Waals surface area contributed by atoms with Gasteiger partial charge in [0.1, 0.15) is 13.2 Å². The van der Waals surface area contributed by atoms with E-state index in [2.05, 4.69) is 31.3 Å². The summed E-state index contributed by atoms with van der Waals surface area (Å²) in [6.07, 6.45) is 90.5. The van der Waals surface area contributed by atoms with Gasteiger partial charge in [-0.1, -0.05) is 385 Å². The highest BCUT2D eigenvalue weighted by atomic mass is 31.2. The van der Waals surface area contributed by atoms with Crippen LogP contribution in [-0.4, -0.2) is 68.5 Å². The van der Waals surface area contributed by atoms with Gasteiger partial charge in [-0.15, -0.1) is 0 Å². The molecule has 8 nitrogen and oxygen atoms in total. The van der Waals surface area contributed by atoms with Crippen LogP contribution in [0, 0.1) is 0 Å². The van der Waals surface area contributed by atoms with Crippen LogP contribution in [0.3, 0.4) is 0 Å². The van der Waals surface area contributed by atoms with Crippen molar-refractivity contribution in [3.8, 4) is 0 Å². The second kappa shape index (κ2) is 68.3. The molecule has 0 aliphatic heterocycles. The maximum atomic E-state index is 13.1. The maximum absolute atomic E-state index is 13.1. The zero-order chi connectivity index (χ0) is 62.6. The largest absolute Gasteiger partial charge is 0.756 e. The molecule has 0 saturated heterocycles. The molecule has 0 aliphatic carbocycles. The Morgan fingerprint density at radius 3 is 0.907 bits per heavy atom. The highest BCUT2D eigenvalue weighted by molar-refractivity contribution is 7.45. The first-order valence-electron chi connectivity index (χ1n) is 38.7. The summed E-state index contributed by atoms with van der Waals surface area (Å²) in [6.45, 7) is 4.72. The molecule has 9 heteroatoms. The van der Waals surface area contributed by atoms with E-state index in [4.69, 9.17) is 9.05 Å². The van der Waals surface area contributed by atoms with Crippen LogP contribution in [-0.2, 0) is 18.4 Å². The smallest absolute Gasteiger partial charge is 0.268 e. The third kappa shape index (κ3) is 70.4. The minimum atomic E-state index is -4.60. The van der Waals surface area contributed by atoms with E-state index in [0.29, 0.717) is 17.4 Å². The molecule has 0 aromatic heterocycles. The Morgan fingerprint density at radius 1 is 0.395 bits per heavy atom. The summed E-state index contributed by atoms with van der Waals surface area (Å²) in [4.78, 5) is 25.7. The highest BCUT2D eigenvalue weighted by Crippen LogP contribution is 2.38. The standard InChI is InChI=1S/C77H153N2O6P/c1-6-8-10-12-14-16-18-20-22-24-26-28-30-32-33-34-35-36-37-38-39-40-41-42-43-44-45-47-49-51-53-55-57-59-61-63-65-67-69-71-77(81)78-75(74-85-86(82,83)84-73-72-79(3,4)5)76(80)70-68-66-64-62-60-58-56-54-52-50-48-46-31-29-27-25-23-21-19-17-15-13-11-9-7-2/h38-39,68,70,75-76,80H,6-37,40-67,69,71-74H2,1-5H3,(H-,78,81,82,83)/b39-38-,70-68+. The Morgan fingerprint density at radius 2 is 0.640 bits per heavy atom. The van der Waals surface area contributed by atoms with E-state index in [1.54, 1.807) is 6.08 Å². The van der Waals surface area contributed by atoms with Crippen molar-refractivity contribution in [2.24, 2.45) is 0 Å². The van der Waals surface area contributed by atoms with Crippen molar-refractivity contribution >= 4 is 13.7 Å². The quantitative estimate of drug-likeness (QED) is 0.0272. The van der Waals surface area contributed by atoms with Crippen LogP contribution in [0.2, 0.25) is 0 Å². The predicted octanol–water partition coefficient (Wildman–Crippen LogP) is 24.4. The fourth-order valence-corrected chi connectivity index (χ4v) is 12.9. The summed E-state index contributed by atoms with van der Waals surface area (Å²) in [5.74, 6) is -0.188. The number of phosphoric acid groups is 1. The van der Waals surface area contributed by atoms with Gasteiger partial charge in [0.05, 0.1) is 39.9 Å². The molecular weight excluding hydrogens is 1080 g/mol. The molecular formula is C77H153N2O6P. The number of allylic oxidation sites excluding steroid dienone is 3. The lowest BCUT2D eigenvalue weighted by Crippen LogP contribution is -2.45. The molecule has 0 heterocycles. The lowest BCUT2D eigenvalue weighted by Gasteiger charge is -2.29. The van der Waals surface area contributed by atoms with Gasteiger partial charge < -0.3 is 28.8 Å². The minimum Gasteiger partial charge on any atom is -0.756 e. The topological polar surface area (TPSA) is 108 Å². The fourth-order valence-electron chi connectivity index (χ4n) is 12.2. The van der Waals surface area contributed by atoms with Crippen LogP contribution >= 0.6 is 7.82 Å². The molecule has 512 valence electrons. The van der Waals surface area contributed by atoms with Gasteiger partial charge in [0.2, 0.25) is 5.91 Å². The lowest BCUT2D eigenvalue weighted by molar-refractivity contribution is -0.870. The number of rotatable bonds is 73. The second-order valence-corrected chi connectivity index (χ2v) is 29.5. The van der Waals surface area contributed by atoms with Crippen LogP contribution in [0.5, 0.6) is 0 Å². The number of nitrogens with one attached hydrogen (secondary N) is 1. The first-order chi connectivity index (χ1) is 42.0. The van der Waals surface area contributed by atoms with Crippen LogP contribution < -0.4 is 10.2 Å². The number of carbonyl (C=O) groups excluding carboxylic acids is 1. The third-order valence-electron chi connectivity index (χ3n) is 18.2. The van der Waals surface area contributed by atoms with Crippen LogP contribution in [0.25, 0.3) is 0 Å². The van der Waals surface area contributed by atoms with Crippen molar-refractivity contribution in [3.63, 3.8) is 0 Å². The van der Waals surface area contributed by atoms with Gasteiger partial charge in [0.15, 0.2) is 0 Å². The predicted molar refractivity (Wildman–Crippen MR) is 376 cm³/mol. The van der Waals surface area contributed by atoms with E-state index in [0.717, 1.165) is 38.5 Å². The summed E-state index contributed by atoms with van der Waals surface area (Å²) in [5, 5.41) is 14.0. The number of likely N-dealkylation sites (N-methyl/N-ethyl adjacent to an activating group) is 1. The number of carbonyl (C=O) groups is 1. The SMILES string of the molecule is CCCCCCCCCCCCCCCCCCCC/C=C\CCCCCCCCCCCCCCCCCCCC(=O)NC(COP(=O)([O-])OCC[N+](C)(C)C)C(O)/C=C/CCCCCCCCCCCCCCCCCCCCCCCCC. The molecule has 0 aliphatic rings. The molecule has 0 rings (SSSR count). The van der Waals surface area contributed by atoms with Gasteiger partial charge >= 0.3 is 0 Å². The van der Waals surface area contributed by atoms with E-state index < -0.39 is 20.0 Å². The van der Waals surface area contributed by atoms with Crippen molar-refractivity contribution in [1.29, 1.82) is 0 Å². The Hall–Kier alpha value is -1.02. The second-order valence-electron chi connectivity index (χ2n) is 28.1. The first kappa shape index (κ1) is 85.0. The van der Waals surface area contributed by atoms with Crippen molar-refractivity contribution < 1.29 is 32.9 Å². The lowest BCUT2D eigenvalue weighted by atomic mass is 10.0. The van der Waals surface area contributed by atoms with E-state index in [9.17, 15) is 19.4 Å². The van der Waals surface area contributed by atoms with Gasteiger partial charge in [-0.05, 0) is 44.9 Å². The zero-order valence-corrected chi connectivity index (χ0v) is 59.7. The summed E-state index contributed by atoms with van der Waals surface area (Å²) < 4.78 is 23.5. The summed E-state index contributed by atoms with van der Waals surface area (Å²) in [5.41, 5.74) is 0. The number of aliphatic hydroxyl groups excluding tert-OH is 1. The normalized spacial score (nSPS) is 13.6. The van der Waals surface area contributed by atoms with E-state index in [1.165, 1.54) is 353 Å². The molecule has 0 spiro atoms.